The normalized spacial score (nSPS) is 16.1. The lowest BCUT2D eigenvalue weighted by atomic mass is 9.93. The van der Waals surface area contributed by atoms with Crippen LogP contribution >= 0.6 is 23.2 Å². The minimum Gasteiger partial charge on any atom is -0.489 e. The van der Waals surface area contributed by atoms with E-state index in [0.29, 0.717) is 68.5 Å². The van der Waals surface area contributed by atoms with Crippen molar-refractivity contribution in [3.63, 3.8) is 0 Å². The molecule has 65 heavy (non-hydrogen) atoms. The summed E-state index contributed by atoms with van der Waals surface area (Å²) >= 11 is 12.2. The highest BCUT2D eigenvalue weighted by molar-refractivity contribution is 7.89. The molecule has 0 spiro atoms. The van der Waals surface area contributed by atoms with Crippen LogP contribution in [0.1, 0.15) is 52.1 Å². The molecule has 3 N–H and O–H groups in total. The van der Waals surface area contributed by atoms with Gasteiger partial charge in [-0.15, -0.1) is 0 Å². The number of rotatable bonds is 14. The van der Waals surface area contributed by atoms with Crippen LogP contribution in [0.25, 0.3) is 11.1 Å². The monoisotopic (exact) mass is 931 g/mol. The van der Waals surface area contributed by atoms with Gasteiger partial charge in [-0.3, -0.25) is 4.79 Å². The van der Waals surface area contributed by atoms with Crippen molar-refractivity contribution in [2.75, 3.05) is 18.5 Å². The number of hydrogen-bond donors (Lipinski definition) is 3. The molecule has 0 saturated carbocycles. The van der Waals surface area contributed by atoms with Crippen LogP contribution in [0, 0.1) is 18.3 Å². The van der Waals surface area contributed by atoms with Crippen LogP contribution in [0.5, 0.6) is 17.2 Å². The second-order valence-electron chi connectivity index (χ2n) is 15.7. The zero-order chi connectivity index (χ0) is 45.8. The number of aryl methyl sites for hydroxylation is 1. The maximum atomic E-state index is 14.7. The molecule has 1 amide bonds. The summed E-state index contributed by atoms with van der Waals surface area (Å²) in [7, 11) is -4.40. The molecule has 3 atom stereocenters. The second kappa shape index (κ2) is 19.2. The lowest BCUT2D eigenvalue weighted by molar-refractivity contribution is -0.142. The van der Waals surface area contributed by atoms with Gasteiger partial charge in [0.1, 0.15) is 41.8 Å². The summed E-state index contributed by atoms with van der Waals surface area (Å²) in [6, 6.07) is 33.0. The van der Waals surface area contributed by atoms with E-state index in [9.17, 15) is 23.1 Å². The molecule has 0 aliphatic carbocycles. The summed E-state index contributed by atoms with van der Waals surface area (Å²) in [5.41, 5.74) is 6.10. The predicted octanol–water partition coefficient (Wildman–Crippen LogP) is 8.69. The van der Waals surface area contributed by atoms with Crippen molar-refractivity contribution in [1.29, 1.82) is 5.26 Å². The molecule has 1 aromatic heterocycles. The maximum absolute atomic E-state index is 14.7. The van der Waals surface area contributed by atoms with E-state index in [1.807, 2.05) is 61.5 Å². The minimum absolute atomic E-state index is 0.0615. The standard InChI is InChI=1S/C49H43Cl2N5O8S/c1-3-53-47-19-18-46(29(2)54-47)65(60,61)56-26-37-24-44-43(63-28-45(64-44)35-13-15-38(16-14-35)62-27-32-8-17-39(50)40(51)20-32)23-36(37)22-42(56)48(57)55-41(49(58)59)21-30-4-9-33(10-5-30)34-11-6-31(25-52)7-12-34/h4-20,23-24,41-42,45H,3,21-22,26-28H2,1-2H3,(H,53,54)(H,55,57)(H,58,59)/t41?,42-,45+/m0/s1. The van der Waals surface area contributed by atoms with Crippen molar-refractivity contribution in [2.45, 2.75) is 62.9 Å². The number of nitrogens with zero attached hydrogens (tertiary/aromatic N) is 3. The third kappa shape index (κ3) is 10.0. The Morgan fingerprint density at radius 2 is 1.60 bits per heavy atom. The van der Waals surface area contributed by atoms with Gasteiger partial charge >= 0.3 is 5.97 Å². The van der Waals surface area contributed by atoms with Crippen LogP contribution in [0.2, 0.25) is 10.0 Å². The Morgan fingerprint density at radius 3 is 2.26 bits per heavy atom. The van der Waals surface area contributed by atoms with Gasteiger partial charge in [0, 0.05) is 19.5 Å². The minimum atomic E-state index is -4.40. The molecule has 6 aromatic rings. The number of sulfonamides is 1. The highest BCUT2D eigenvalue weighted by Crippen LogP contribution is 2.42. The third-order valence-corrected chi connectivity index (χ3v) is 14.0. The topological polar surface area (TPSA) is 180 Å². The smallest absolute Gasteiger partial charge is 0.326 e. The lowest BCUT2D eigenvalue weighted by Gasteiger charge is -2.37. The fourth-order valence-corrected chi connectivity index (χ4v) is 9.89. The van der Waals surface area contributed by atoms with Gasteiger partial charge in [0.2, 0.25) is 15.9 Å². The van der Waals surface area contributed by atoms with E-state index in [-0.39, 0.29) is 36.6 Å². The summed E-state index contributed by atoms with van der Waals surface area (Å²) in [6.07, 6.45) is -0.623. The Balaban J connectivity index is 1.03. The quantitative estimate of drug-likeness (QED) is 0.0951. The third-order valence-electron chi connectivity index (χ3n) is 11.3. The summed E-state index contributed by atoms with van der Waals surface area (Å²) in [5.74, 6) is -0.0701. The number of carboxylic acid groups (broad SMARTS) is 1. The summed E-state index contributed by atoms with van der Waals surface area (Å²) < 4.78 is 49.1. The molecule has 2 aliphatic heterocycles. The Morgan fingerprint density at radius 1 is 0.908 bits per heavy atom. The molecule has 5 aromatic carbocycles. The lowest BCUT2D eigenvalue weighted by Crippen LogP contribution is -2.55. The molecular weight excluding hydrogens is 890 g/mol. The number of halogens is 2. The molecule has 1 unspecified atom stereocenters. The number of benzene rings is 5. The maximum Gasteiger partial charge on any atom is 0.326 e. The number of pyridine rings is 1. The molecule has 8 rings (SSSR count). The van der Waals surface area contributed by atoms with E-state index in [4.69, 9.17) is 42.7 Å². The van der Waals surface area contributed by atoms with Crippen LogP contribution < -0.4 is 24.8 Å². The largest absolute Gasteiger partial charge is 0.489 e. The van der Waals surface area contributed by atoms with Gasteiger partial charge in [-0.1, -0.05) is 77.8 Å². The molecule has 0 fully saturated rings. The van der Waals surface area contributed by atoms with Crippen LogP contribution in [0.3, 0.4) is 0 Å². The number of fused-ring (bicyclic) bond motifs is 2. The molecule has 0 bridgehead atoms. The molecular formula is C49H43Cl2N5O8S. The number of aromatic nitrogens is 1. The molecule has 13 nitrogen and oxygen atoms in total. The van der Waals surface area contributed by atoms with Crippen LogP contribution in [-0.4, -0.2) is 59.9 Å². The second-order valence-corrected chi connectivity index (χ2v) is 18.3. The number of nitrogens with one attached hydrogen (secondary N) is 2. The number of carboxylic acids is 1. The van der Waals surface area contributed by atoms with E-state index in [0.717, 1.165) is 26.6 Å². The van der Waals surface area contributed by atoms with E-state index >= 15 is 0 Å². The number of amides is 1. The highest BCUT2D eigenvalue weighted by Gasteiger charge is 2.42. The summed E-state index contributed by atoms with van der Waals surface area (Å²) in [5, 5.41) is 26.1. The average Bonchev–Trinajstić information content (AvgIpc) is 3.31. The first-order chi connectivity index (χ1) is 31.3. The first kappa shape index (κ1) is 45.0. The number of ether oxygens (including phenoxy) is 3. The first-order valence-electron chi connectivity index (χ1n) is 20.8. The molecule has 332 valence electrons. The number of carbonyl (C=O) groups excluding carboxylic acids is 1. The SMILES string of the molecule is CCNc1ccc(S(=O)(=O)N2Cc3cc4c(cc3C[C@H]2C(=O)NC(Cc2ccc(-c3ccc(C#N)cc3)cc2)C(=O)O)OC[C@H](c2ccc(OCc3ccc(Cl)c(Cl)c3)cc2)O4)c(C)n1. The van der Waals surface area contributed by atoms with Gasteiger partial charge in [-0.2, -0.15) is 9.57 Å². The molecule has 3 heterocycles. The van der Waals surface area contributed by atoms with Crippen LogP contribution in [-0.2, 0) is 45.6 Å². The van der Waals surface area contributed by atoms with Gasteiger partial charge in [0.25, 0.3) is 0 Å². The van der Waals surface area contributed by atoms with Gasteiger partial charge in [-0.05, 0) is 120 Å². The number of aliphatic carboxylic acids is 1. The number of nitriles is 1. The molecule has 0 saturated heterocycles. The van der Waals surface area contributed by atoms with E-state index in [1.165, 1.54) is 6.07 Å². The van der Waals surface area contributed by atoms with Crippen molar-refractivity contribution >= 4 is 50.9 Å². The van der Waals surface area contributed by atoms with Crippen molar-refractivity contribution in [1.82, 2.24) is 14.6 Å². The molecule has 0 radical (unpaired) electrons. The van der Waals surface area contributed by atoms with Crippen molar-refractivity contribution in [3.05, 3.63) is 164 Å². The van der Waals surface area contributed by atoms with Gasteiger partial charge < -0.3 is 30.0 Å². The fourth-order valence-electron chi connectivity index (χ4n) is 7.84. The van der Waals surface area contributed by atoms with Crippen molar-refractivity contribution in [2.24, 2.45) is 0 Å². The highest BCUT2D eigenvalue weighted by atomic mass is 35.5. The summed E-state index contributed by atoms with van der Waals surface area (Å²) in [4.78, 5) is 31.4. The average molecular weight is 933 g/mol. The fraction of sp³-hybridized carbons (Fsp3) is 0.224. The Kier molecular flexibility index (Phi) is 13.3. The zero-order valence-corrected chi connectivity index (χ0v) is 37.6. The van der Waals surface area contributed by atoms with E-state index in [1.54, 1.807) is 61.5 Å². The van der Waals surface area contributed by atoms with Crippen molar-refractivity contribution < 1.29 is 37.3 Å². The Labute approximate surface area is 386 Å². The van der Waals surface area contributed by atoms with Crippen molar-refractivity contribution in [3.8, 4) is 34.4 Å². The Hall–Kier alpha value is -6.63. The Bertz CT molecular complexity index is 2910. The van der Waals surface area contributed by atoms with Gasteiger partial charge in [-0.25, -0.2) is 18.2 Å². The van der Waals surface area contributed by atoms with E-state index < -0.39 is 40.1 Å². The van der Waals surface area contributed by atoms with Crippen LogP contribution in [0.4, 0.5) is 5.82 Å². The number of carbonyl (C=O) groups is 2. The first-order valence-corrected chi connectivity index (χ1v) is 23.0. The molecule has 16 heteroatoms. The van der Waals surface area contributed by atoms with E-state index in [2.05, 4.69) is 21.7 Å². The zero-order valence-electron chi connectivity index (χ0n) is 35.3. The molecule has 2 aliphatic rings. The van der Waals surface area contributed by atoms with Gasteiger partial charge in [0.15, 0.2) is 17.6 Å². The summed E-state index contributed by atoms with van der Waals surface area (Å²) in [6.45, 7) is 4.32. The number of anilines is 1. The predicted molar refractivity (Wildman–Crippen MR) is 246 cm³/mol. The number of hydrogen-bond acceptors (Lipinski definition) is 10. The van der Waals surface area contributed by atoms with Gasteiger partial charge in [0.05, 0.1) is 27.4 Å². The van der Waals surface area contributed by atoms with Crippen LogP contribution in [0.15, 0.2) is 120 Å².